The summed E-state index contributed by atoms with van der Waals surface area (Å²) in [5.41, 5.74) is 0.907. The third kappa shape index (κ3) is 8.23. The van der Waals surface area contributed by atoms with Crippen molar-refractivity contribution in [2.75, 3.05) is 13.1 Å². The Kier molecular flexibility index (Phi) is 10.0. The normalized spacial score (nSPS) is 22.0. The monoisotopic (exact) mass is 692 g/mol. The molecule has 2 fully saturated rings. The van der Waals surface area contributed by atoms with E-state index in [-0.39, 0.29) is 47.6 Å². The van der Waals surface area contributed by atoms with Crippen molar-refractivity contribution >= 4 is 17.5 Å². The molecule has 48 heavy (non-hydrogen) atoms. The number of amides is 2. The van der Waals surface area contributed by atoms with Gasteiger partial charge in [-0.1, -0.05) is 0 Å². The summed E-state index contributed by atoms with van der Waals surface area (Å²) < 4.78 is 111. The molecule has 0 spiro atoms. The van der Waals surface area contributed by atoms with Gasteiger partial charge >= 0.3 is 12.4 Å². The van der Waals surface area contributed by atoms with Crippen molar-refractivity contribution in [3.63, 3.8) is 0 Å². The highest BCUT2D eigenvalue weighted by atomic mass is 19.4. The second-order valence-corrected chi connectivity index (χ2v) is 12.5. The molecule has 1 aliphatic heterocycles. The summed E-state index contributed by atoms with van der Waals surface area (Å²) in [5, 5.41) is 16.1. The van der Waals surface area contributed by atoms with Crippen LogP contribution in [0.25, 0.3) is 5.65 Å². The molecule has 3 N–H and O–H groups in total. The van der Waals surface area contributed by atoms with Crippen LogP contribution in [0, 0.1) is 17.8 Å². The highest BCUT2D eigenvalue weighted by Gasteiger charge is 2.45. The van der Waals surface area contributed by atoms with Gasteiger partial charge in [0, 0.05) is 50.5 Å². The Labute approximate surface area is 270 Å². The van der Waals surface area contributed by atoms with E-state index in [1.165, 1.54) is 40.6 Å². The summed E-state index contributed by atoms with van der Waals surface area (Å²) in [4.78, 5) is 30.6. The number of carbonyl (C=O) groups excluding carboxylic acids is 2. The molecule has 2 aliphatic rings. The van der Waals surface area contributed by atoms with Crippen LogP contribution in [0.2, 0.25) is 0 Å². The number of piperidine rings is 1. The summed E-state index contributed by atoms with van der Waals surface area (Å²) >= 11 is 0. The van der Waals surface area contributed by atoms with E-state index in [0.29, 0.717) is 6.54 Å². The zero-order valence-electron chi connectivity index (χ0n) is 26.1. The summed E-state index contributed by atoms with van der Waals surface area (Å²) in [6.07, 6.45) is -7.72. The first-order chi connectivity index (χ1) is 22.4. The van der Waals surface area contributed by atoms with Crippen LogP contribution < -0.4 is 16.0 Å². The van der Waals surface area contributed by atoms with E-state index in [9.17, 15) is 44.7 Å². The first-order valence-electron chi connectivity index (χ1n) is 15.7. The Morgan fingerprint density at radius 2 is 1.88 bits per heavy atom. The molecule has 1 saturated heterocycles. The van der Waals surface area contributed by atoms with Gasteiger partial charge in [-0.05, 0) is 56.7 Å². The van der Waals surface area contributed by atoms with Crippen LogP contribution in [-0.2, 0) is 17.8 Å². The second kappa shape index (κ2) is 13.6. The lowest BCUT2D eigenvalue weighted by atomic mass is 9.81. The average Bonchev–Trinajstić information content (AvgIpc) is 3.65. The first-order valence-corrected chi connectivity index (χ1v) is 15.7. The summed E-state index contributed by atoms with van der Waals surface area (Å²) in [7, 11) is 0. The fourth-order valence-electron chi connectivity index (χ4n) is 6.44. The molecule has 0 bridgehead atoms. The number of nitrogens with one attached hydrogen (secondary N) is 3. The molecule has 10 nitrogen and oxygen atoms in total. The minimum Gasteiger partial charge on any atom is -0.355 e. The van der Waals surface area contributed by atoms with E-state index in [0.717, 1.165) is 0 Å². The molecule has 1 unspecified atom stereocenters. The van der Waals surface area contributed by atoms with E-state index >= 15 is 0 Å². The first kappa shape index (κ1) is 35.5. The van der Waals surface area contributed by atoms with E-state index in [2.05, 4.69) is 31.1 Å². The molecule has 0 aromatic carbocycles. The van der Waals surface area contributed by atoms with Crippen molar-refractivity contribution in [1.82, 2.24) is 40.3 Å². The smallest absolute Gasteiger partial charge is 0.355 e. The van der Waals surface area contributed by atoms with Gasteiger partial charge in [0.15, 0.2) is 5.65 Å². The number of halogens is 8. The van der Waals surface area contributed by atoms with Crippen LogP contribution in [0.1, 0.15) is 85.5 Å². The molecule has 4 heterocycles. The SMILES string of the molecule is CCn1nccc1C(=O)N[C@H](c1cn2nc(C[C@H]3C[C@@H](C(F)(F)F)CNC3=O)c(C(C)NCC(F)(F)F)cc2n1)C1CCC(F)(F)CC1. The van der Waals surface area contributed by atoms with Gasteiger partial charge in [0.25, 0.3) is 5.91 Å². The summed E-state index contributed by atoms with van der Waals surface area (Å²) in [6.45, 7) is 1.66. The summed E-state index contributed by atoms with van der Waals surface area (Å²) in [5.74, 6) is -7.42. The lowest BCUT2D eigenvalue weighted by molar-refractivity contribution is -0.183. The fraction of sp³-hybridized carbons (Fsp3) is 0.633. The molecule has 1 aliphatic carbocycles. The Hall–Kier alpha value is -3.83. The number of imidazole rings is 1. The third-order valence-electron chi connectivity index (χ3n) is 9.11. The number of aromatic nitrogens is 5. The Morgan fingerprint density at radius 1 is 1.17 bits per heavy atom. The predicted octanol–water partition coefficient (Wildman–Crippen LogP) is 5.31. The minimum atomic E-state index is -4.57. The molecular weight excluding hydrogens is 656 g/mol. The molecule has 2 amide bonds. The molecule has 0 radical (unpaired) electrons. The van der Waals surface area contributed by atoms with Crippen LogP contribution in [-0.4, -0.2) is 67.6 Å². The number of rotatable bonds is 10. The average molecular weight is 693 g/mol. The van der Waals surface area contributed by atoms with Gasteiger partial charge in [-0.3, -0.25) is 14.3 Å². The lowest BCUT2D eigenvalue weighted by Gasteiger charge is -2.33. The third-order valence-corrected chi connectivity index (χ3v) is 9.11. The topological polar surface area (TPSA) is 118 Å². The Bertz CT molecular complexity index is 1610. The van der Waals surface area contributed by atoms with Gasteiger partial charge in [0.1, 0.15) is 5.69 Å². The highest BCUT2D eigenvalue weighted by molar-refractivity contribution is 5.92. The number of carbonyl (C=O) groups is 2. The Balaban J connectivity index is 1.52. The van der Waals surface area contributed by atoms with Gasteiger partial charge in [-0.25, -0.2) is 18.3 Å². The van der Waals surface area contributed by atoms with Crippen molar-refractivity contribution in [3.05, 3.63) is 47.2 Å². The number of hydrogen-bond donors (Lipinski definition) is 3. The van der Waals surface area contributed by atoms with Gasteiger partial charge in [-0.2, -0.15) is 36.5 Å². The maximum atomic E-state index is 14.1. The molecule has 264 valence electrons. The molecular formula is C30H36F8N8O2. The van der Waals surface area contributed by atoms with Crippen LogP contribution >= 0.6 is 0 Å². The zero-order chi connectivity index (χ0) is 35.0. The summed E-state index contributed by atoms with van der Waals surface area (Å²) in [6, 6.07) is 1.08. The fourth-order valence-corrected chi connectivity index (χ4v) is 6.44. The molecule has 3 aromatic heterocycles. The lowest BCUT2D eigenvalue weighted by Crippen LogP contribution is -2.47. The Morgan fingerprint density at radius 3 is 2.52 bits per heavy atom. The van der Waals surface area contributed by atoms with Crippen molar-refractivity contribution in [1.29, 1.82) is 0 Å². The molecule has 3 aromatic rings. The highest BCUT2D eigenvalue weighted by Crippen LogP contribution is 2.42. The quantitative estimate of drug-likeness (QED) is 0.248. The maximum Gasteiger partial charge on any atom is 0.401 e. The van der Waals surface area contributed by atoms with Gasteiger partial charge in [0.2, 0.25) is 11.8 Å². The predicted molar refractivity (Wildman–Crippen MR) is 155 cm³/mol. The molecule has 1 saturated carbocycles. The largest absolute Gasteiger partial charge is 0.401 e. The molecule has 5 rings (SSSR count). The van der Waals surface area contributed by atoms with Crippen LogP contribution in [0.3, 0.4) is 0 Å². The van der Waals surface area contributed by atoms with Crippen molar-refractivity contribution in [3.8, 4) is 0 Å². The second-order valence-electron chi connectivity index (χ2n) is 12.5. The van der Waals surface area contributed by atoms with E-state index in [4.69, 9.17) is 0 Å². The number of fused-ring (bicyclic) bond motifs is 1. The number of alkyl halides is 8. The standard InChI is InChI=1S/C30H36F8N8O2/c1-3-45-23(6-9-41-45)27(48)43-25(17-4-7-28(31,32)8-5-17)22-14-46-24(42-22)12-20(16(2)40-15-29(33,34)35)21(44-46)11-18-10-19(30(36,37)38)13-39-26(18)47/h6,9,12,14,16-19,25,40H,3-5,7-8,10-11,13,15H2,1-2H3,(H,39,47)(H,43,48)/t16?,18-,19-,25+/m1/s1. The van der Waals surface area contributed by atoms with Crippen molar-refractivity contribution in [2.45, 2.75) is 89.3 Å². The molecule has 4 atom stereocenters. The molecule has 18 heteroatoms. The minimum absolute atomic E-state index is 0.0678. The number of hydrogen-bond acceptors (Lipinski definition) is 6. The van der Waals surface area contributed by atoms with E-state index < -0.39 is 92.3 Å². The maximum absolute atomic E-state index is 14.1. The zero-order valence-corrected chi connectivity index (χ0v) is 26.1. The number of nitrogens with zero attached hydrogens (tertiary/aromatic N) is 5. The van der Waals surface area contributed by atoms with E-state index in [1.807, 2.05) is 0 Å². The van der Waals surface area contributed by atoms with Gasteiger partial charge < -0.3 is 16.0 Å². The van der Waals surface area contributed by atoms with Gasteiger partial charge in [-0.15, -0.1) is 0 Å². The number of aryl methyl sites for hydroxylation is 1. The van der Waals surface area contributed by atoms with Crippen molar-refractivity contribution in [2.24, 2.45) is 17.8 Å². The van der Waals surface area contributed by atoms with E-state index in [1.54, 1.807) is 6.92 Å². The van der Waals surface area contributed by atoms with Gasteiger partial charge in [0.05, 0.1) is 36.1 Å². The van der Waals surface area contributed by atoms with Crippen LogP contribution in [0.15, 0.2) is 24.5 Å². The van der Waals surface area contributed by atoms with Crippen LogP contribution in [0.4, 0.5) is 35.1 Å². The van der Waals surface area contributed by atoms with Crippen molar-refractivity contribution < 1.29 is 44.7 Å². The van der Waals surface area contributed by atoms with Crippen LogP contribution in [0.5, 0.6) is 0 Å².